The monoisotopic (exact) mass is 357 g/mol. The van der Waals surface area contributed by atoms with Crippen LogP contribution in [0.1, 0.15) is 29.5 Å². The molecule has 3 rings (SSSR count). The van der Waals surface area contributed by atoms with Gasteiger partial charge >= 0.3 is 0 Å². The molecular weight excluding hydrogens is 332 g/mol. The number of nitrogens with one attached hydrogen (secondary N) is 2. The average molecular weight is 358 g/mol. The minimum absolute atomic E-state index is 0.147. The third-order valence-electron chi connectivity index (χ3n) is 4.99. The zero-order chi connectivity index (χ0) is 17.6. The van der Waals surface area contributed by atoms with E-state index in [2.05, 4.69) is 42.6 Å². The van der Waals surface area contributed by atoms with Gasteiger partial charge in [0.15, 0.2) is 0 Å². The highest BCUT2D eigenvalue weighted by Crippen LogP contribution is 2.13. The third-order valence-corrected chi connectivity index (χ3v) is 5.23. The molecule has 1 amide bonds. The minimum Gasteiger partial charge on any atom is -0.352 e. The first-order chi connectivity index (χ1) is 12.1. The van der Waals surface area contributed by atoms with Gasteiger partial charge in [-0.3, -0.25) is 4.79 Å². The molecule has 2 aromatic rings. The van der Waals surface area contributed by atoms with Crippen LogP contribution in [0.5, 0.6) is 0 Å². The Kier molecular flexibility index (Phi) is 6.11. The molecule has 2 N–H and O–H groups in total. The van der Waals surface area contributed by atoms with Crippen LogP contribution in [0.15, 0.2) is 48.5 Å². The van der Waals surface area contributed by atoms with Crippen LogP contribution in [0, 0.1) is 12.8 Å². The quantitative estimate of drug-likeness (QED) is 0.847. The zero-order valence-corrected chi connectivity index (χ0v) is 15.5. The molecule has 132 valence electrons. The molecule has 0 bridgehead atoms. The van der Waals surface area contributed by atoms with E-state index in [-0.39, 0.29) is 11.8 Å². The fraction of sp³-hybridized carbons (Fsp3) is 0.381. The summed E-state index contributed by atoms with van der Waals surface area (Å²) in [7, 11) is 0. The van der Waals surface area contributed by atoms with Gasteiger partial charge in [-0.2, -0.15) is 0 Å². The molecule has 25 heavy (non-hydrogen) atoms. The molecule has 1 saturated heterocycles. The van der Waals surface area contributed by atoms with Crippen LogP contribution < -0.4 is 10.2 Å². The molecule has 1 heterocycles. The lowest BCUT2D eigenvalue weighted by Gasteiger charge is -2.28. The fourth-order valence-electron chi connectivity index (χ4n) is 3.44. The van der Waals surface area contributed by atoms with Crippen molar-refractivity contribution >= 4 is 17.5 Å². The van der Waals surface area contributed by atoms with Gasteiger partial charge in [-0.1, -0.05) is 53.6 Å². The van der Waals surface area contributed by atoms with Crippen LogP contribution in [0.25, 0.3) is 0 Å². The number of likely N-dealkylation sites (tertiary alicyclic amines) is 1. The number of halogens is 1. The predicted octanol–water partition coefficient (Wildman–Crippen LogP) is 2.76. The van der Waals surface area contributed by atoms with Crippen molar-refractivity contribution in [3.8, 4) is 0 Å². The standard InChI is InChI=1S/C21H25ClN2O/c1-16-5-7-17(8-6-16)14-23-21(25)19-9-11-24(12-10-19)15-18-3-2-4-20(22)13-18/h2-8,13,19H,9-12,14-15H2,1H3,(H,23,25)/p+1. The van der Waals surface area contributed by atoms with Crippen molar-refractivity contribution in [2.45, 2.75) is 32.9 Å². The highest BCUT2D eigenvalue weighted by molar-refractivity contribution is 6.30. The Morgan fingerprint density at radius 2 is 1.84 bits per heavy atom. The Bertz CT molecular complexity index is 706. The maximum absolute atomic E-state index is 12.4. The average Bonchev–Trinajstić information content (AvgIpc) is 2.62. The lowest BCUT2D eigenvalue weighted by Crippen LogP contribution is -3.11. The number of amides is 1. The van der Waals surface area contributed by atoms with Gasteiger partial charge in [0, 0.05) is 35.9 Å². The Morgan fingerprint density at radius 3 is 2.52 bits per heavy atom. The Hall–Kier alpha value is -1.84. The molecule has 1 aliphatic rings. The summed E-state index contributed by atoms with van der Waals surface area (Å²) in [6.07, 6.45) is 1.91. The SMILES string of the molecule is Cc1ccc(CNC(=O)C2CC[NH+](Cc3cccc(Cl)c3)CC2)cc1. The van der Waals surface area contributed by atoms with Crippen molar-refractivity contribution in [2.24, 2.45) is 5.92 Å². The molecule has 0 spiro atoms. The second kappa shape index (κ2) is 8.50. The number of carbonyl (C=O) groups is 1. The summed E-state index contributed by atoms with van der Waals surface area (Å²) in [5.41, 5.74) is 3.66. The molecule has 3 nitrogen and oxygen atoms in total. The number of hydrogen-bond donors (Lipinski definition) is 2. The van der Waals surface area contributed by atoms with E-state index in [1.807, 2.05) is 18.2 Å². The number of quaternary nitrogens is 1. The number of aryl methyl sites for hydroxylation is 1. The molecule has 1 fully saturated rings. The summed E-state index contributed by atoms with van der Waals surface area (Å²) < 4.78 is 0. The number of benzene rings is 2. The Balaban J connectivity index is 1.43. The van der Waals surface area contributed by atoms with Crippen molar-refractivity contribution in [1.82, 2.24) is 5.32 Å². The summed E-state index contributed by atoms with van der Waals surface area (Å²) in [4.78, 5) is 13.9. The van der Waals surface area contributed by atoms with Crippen molar-refractivity contribution in [3.63, 3.8) is 0 Å². The van der Waals surface area contributed by atoms with E-state index in [4.69, 9.17) is 11.6 Å². The van der Waals surface area contributed by atoms with Gasteiger partial charge in [0.25, 0.3) is 0 Å². The third kappa shape index (κ3) is 5.32. The smallest absolute Gasteiger partial charge is 0.223 e. The number of rotatable bonds is 5. The van der Waals surface area contributed by atoms with Gasteiger partial charge in [0.05, 0.1) is 13.1 Å². The molecule has 0 aromatic heterocycles. The molecule has 1 aliphatic heterocycles. The van der Waals surface area contributed by atoms with E-state index in [0.717, 1.165) is 43.1 Å². The van der Waals surface area contributed by atoms with E-state index in [1.165, 1.54) is 16.0 Å². The lowest BCUT2D eigenvalue weighted by atomic mass is 9.95. The predicted molar refractivity (Wildman–Crippen MR) is 102 cm³/mol. The first-order valence-corrected chi connectivity index (χ1v) is 9.39. The number of hydrogen-bond acceptors (Lipinski definition) is 1. The topological polar surface area (TPSA) is 33.5 Å². The van der Waals surface area contributed by atoms with Gasteiger partial charge in [-0.25, -0.2) is 0 Å². The van der Waals surface area contributed by atoms with E-state index >= 15 is 0 Å². The van der Waals surface area contributed by atoms with Crippen LogP contribution in [-0.4, -0.2) is 19.0 Å². The molecule has 0 unspecified atom stereocenters. The maximum atomic E-state index is 12.4. The minimum atomic E-state index is 0.147. The number of carbonyl (C=O) groups excluding carboxylic acids is 1. The van der Waals surface area contributed by atoms with Gasteiger partial charge in [-0.15, -0.1) is 0 Å². The van der Waals surface area contributed by atoms with E-state index < -0.39 is 0 Å². The second-order valence-electron chi connectivity index (χ2n) is 7.03. The fourth-order valence-corrected chi connectivity index (χ4v) is 3.65. The normalized spacial score (nSPS) is 20.2. The summed E-state index contributed by atoms with van der Waals surface area (Å²) in [6.45, 7) is 5.75. The molecule has 0 radical (unpaired) electrons. The van der Waals surface area contributed by atoms with Gasteiger partial charge in [-0.05, 0) is 24.6 Å². The largest absolute Gasteiger partial charge is 0.352 e. The first kappa shape index (κ1) is 18.0. The van der Waals surface area contributed by atoms with Crippen LogP contribution in [0.3, 0.4) is 0 Å². The van der Waals surface area contributed by atoms with Gasteiger partial charge in [0.2, 0.25) is 5.91 Å². The van der Waals surface area contributed by atoms with Gasteiger partial charge in [0.1, 0.15) is 6.54 Å². The molecule has 0 saturated carbocycles. The van der Waals surface area contributed by atoms with Crippen molar-refractivity contribution in [3.05, 3.63) is 70.2 Å². The van der Waals surface area contributed by atoms with Crippen molar-refractivity contribution < 1.29 is 9.69 Å². The molecule has 4 heteroatoms. The maximum Gasteiger partial charge on any atom is 0.223 e. The summed E-state index contributed by atoms with van der Waals surface area (Å²) in [5.74, 6) is 0.343. The van der Waals surface area contributed by atoms with Crippen LogP contribution in [-0.2, 0) is 17.9 Å². The molecule has 2 aromatic carbocycles. The second-order valence-corrected chi connectivity index (χ2v) is 7.47. The van der Waals surface area contributed by atoms with E-state index in [9.17, 15) is 4.79 Å². The van der Waals surface area contributed by atoms with E-state index in [1.54, 1.807) is 0 Å². The lowest BCUT2D eigenvalue weighted by molar-refractivity contribution is -0.919. The molecule has 0 aliphatic carbocycles. The number of piperidine rings is 1. The highest BCUT2D eigenvalue weighted by Gasteiger charge is 2.27. The van der Waals surface area contributed by atoms with Crippen LogP contribution in [0.2, 0.25) is 5.02 Å². The highest BCUT2D eigenvalue weighted by atomic mass is 35.5. The van der Waals surface area contributed by atoms with Crippen molar-refractivity contribution in [1.29, 1.82) is 0 Å². The Labute approximate surface area is 155 Å². The summed E-state index contributed by atoms with van der Waals surface area (Å²) in [6, 6.07) is 16.4. The summed E-state index contributed by atoms with van der Waals surface area (Å²) >= 11 is 6.06. The zero-order valence-electron chi connectivity index (χ0n) is 14.7. The molecular formula is C21H26ClN2O+. The summed E-state index contributed by atoms with van der Waals surface area (Å²) in [5, 5.41) is 3.89. The first-order valence-electron chi connectivity index (χ1n) is 9.01. The van der Waals surface area contributed by atoms with E-state index in [0.29, 0.717) is 6.54 Å². The van der Waals surface area contributed by atoms with Crippen LogP contribution in [0.4, 0.5) is 0 Å². The van der Waals surface area contributed by atoms with Crippen LogP contribution >= 0.6 is 11.6 Å². The van der Waals surface area contributed by atoms with Gasteiger partial charge < -0.3 is 10.2 Å². The van der Waals surface area contributed by atoms with Crippen molar-refractivity contribution in [2.75, 3.05) is 13.1 Å². The molecule has 0 atom stereocenters. The Morgan fingerprint density at radius 1 is 1.12 bits per heavy atom.